The average Bonchev–Trinajstić information content (AvgIpc) is 2.39. The van der Waals surface area contributed by atoms with E-state index in [9.17, 15) is 4.79 Å². The van der Waals surface area contributed by atoms with Crippen molar-refractivity contribution in [1.29, 1.82) is 5.26 Å². The topological polar surface area (TPSA) is 69.0 Å². The van der Waals surface area contributed by atoms with Gasteiger partial charge in [0.25, 0.3) is 5.91 Å². The Morgan fingerprint density at radius 2 is 2.25 bits per heavy atom. The van der Waals surface area contributed by atoms with Gasteiger partial charge in [0.2, 0.25) is 0 Å². The van der Waals surface area contributed by atoms with E-state index in [0.29, 0.717) is 18.5 Å². The maximum absolute atomic E-state index is 12.6. The molecule has 0 saturated carbocycles. The molecule has 0 fully saturated rings. The summed E-state index contributed by atoms with van der Waals surface area (Å²) in [6, 6.07) is 4.01. The Kier molecular flexibility index (Phi) is 5.98. The number of nitrogens with one attached hydrogen (secondary N) is 1. The van der Waals surface area contributed by atoms with E-state index in [0.717, 1.165) is 17.9 Å². The first-order valence-electron chi connectivity index (χ1n) is 6.89. The van der Waals surface area contributed by atoms with Crippen molar-refractivity contribution in [3.8, 4) is 6.07 Å². The molecule has 1 heterocycles. The van der Waals surface area contributed by atoms with E-state index in [1.54, 1.807) is 11.1 Å². The number of carbonyl (C=O) groups excluding carboxylic acids is 1. The summed E-state index contributed by atoms with van der Waals surface area (Å²) in [7, 11) is 0. The molecule has 108 valence electrons. The van der Waals surface area contributed by atoms with Gasteiger partial charge in [0, 0.05) is 31.0 Å². The predicted molar refractivity (Wildman–Crippen MR) is 79.5 cm³/mol. The van der Waals surface area contributed by atoms with Crippen molar-refractivity contribution in [1.82, 2.24) is 9.88 Å². The van der Waals surface area contributed by atoms with Crippen LogP contribution in [0.1, 0.15) is 43.2 Å². The monoisotopic (exact) mass is 274 g/mol. The third-order valence-corrected chi connectivity index (χ3v) is 2.99. The zero-order valence-corrected chi connectivity index (χ0v) is 12.6. The molecule has 0 aliphatic rings. The first-order chi connectivity index (χ1) is 9.51. The van der Waals surface area contributed by atoms with Crippen LogP contribution < -0.4 is 5.32 Å². The molecule has 5 heteroatoms. The summed E-state index contributed by atoms with van der Waals surface area (Å²) in [6.45, 7) is 8.95. The molecule has 0 aromatic carbocycles. The van der Waals surface area contributed by atoms with Crippen molar-refractivity contribution < 1.29 is 4.79 Å². The molecule has 0 aliphatic heterocycles. The Balaban J connectivity index is 3.08. The molecule has 0 atom stereocenters. The number of nitrogens with zero attached hydrogens (tertiary/aromatic N) is 3. The minimum Gasteiger partial charge on any atom is -0.385 e. The van der Waals surface area contributed by atoms with Gasteiger partial charge in [-0.2, -0.15) is 5.26 Å². The van der Waals surface area contributed by atoms with Gasteiger partial charge in [-0.1, -0.05) is 0 Å². The lowest BCUT2D eigenvalue weighted by Crippen LogP contribution is -2.38. The van der Waals surface area contributed by atoms with Crippen LogP contribution >= 0.6 is 0 Å². The highest BCUT2D eigenvalue weighted by atomic mass is 16.2. The number of hydrogen-bond donors (Lipinski definition) is 1. The number of aryl methyl sites for hydroxylation is 1. The summed E-state index contributed by atoms with van der Waals surface area (Å²) in [6.07, 6.45) is 1.94. The number of amides is 1. The molecule has 0 bridgehead atoms. The van der Waals surface area contributed by atoms with Crippen LogP contribution in [-0.2, 0) is 0 Å². The molecule has 0 saturated heterocycles. The third kappa shape index (κ3) is 3.95. The lowest BCUT2D eigenvalue weighted by molar-refractivity contribution is 0.0711. The second-order valence-electron chi connectivity index (χ2n) is 4.90. The average molecular weight is 274 g/mol. The number of nitriles is 1. The maximum atomic E-state index is 12.6. The van der Waals surface area contributed by atoms with Crippen LogP contribution in [0.5, 0.6) is 0 Å². The van der Waals surface area contributed by atoms with Gasteiger partial charge < -0.3 is 10.2 Å². The molecule has 1 N–H and O–H groups in total. The number of hydrogen-bond acceptors (Lipinski definition) is 4. The standard InChI is InChI=1S/C15H22N4O/c1-5-17-14-9-12(4)18-10-13(14)15(20)19(11(2)3)8-6-7-16/h9-11H,5-6,8H2,1-4H3,(H,17,18). The number of aromatic nitrogens is 1. The van der Waals surface area contributed by atoms with Crippen molar-refractivity contribution >= 4 is 11.6 Å². The van der Waals surface area contributed by atoms with Crippen molar-refractivity contribution in [2.75, 3.05) is 18.4 Å². The van der Waals surface area contributed by atoms with Gasteiger partial charge in [-0.15, -0.1) is 0 Å². The van der Waals surface area contributed by atoms with Crippen molar-refractivity contribution in [2.45, 2.75) is 40.2 Å². The van der Waals surface area contributed by atoms with Crippen molar-refractivity contribution in [3.63, 3.8) is 0 Å². The lowest BCUT2D eigenvalue weighted by atomic mass is 10.1. The van der Waals surface area contributed by atoms with E-state index in [4.69, 9.17) is 5.26 Å². The van der Waals surface area contributed by atoms with Crippen LogP contribution in [-0.4, -0.2) is 34.9 Å². The zero-order valence-electron chi connectivity index (χ0n) is 12.6. The van der Waals surface area contributed by atoms with E-state index >= 15 is 0 Å². The highest BCUT2D eigenvalue weighted by Gasteiger charge is 2.21. The van der Waals surface area contributed by atoms with Gasteiger partial charge in [-0.05, 0) is 33.8 Å². The second kappa shape index (κ2) is 7.49. The smallest absolute Gasteiger partial charge is 0.257 e. The molecule has 1 aromatic rings. The quantitative estimate of drug-likeness (QED) is 0.865. The summed E-state index contributed by atoms with van der Waals surface area (Å²) in [5.74, 6) is -0.0845. The van der Waals surface area contributed by atoms with Crippen molar-refractivity contribution in [2.24, 2.45) is 0 Å². The van der Waals surface area contributed by atoms with Crippen LogP contribution in [0, 0.1) is 18.3 Å². The fourth-order valence-corrected chi connectivity index (χ4v) is 1.99. The van der Waals surface area contributed by atoms with Gasteiger partial charge in [0.15, 0.2) is 0 Å². The number of rotatable bonds is 6. The van der Waals surface area contributed by atoms with E-state index in [1.165, 1.54) is 0 Å². The molecule has 1 aromatic heterocycles. The Hall–Kier alpha value is -2.09. The lowest BCUT2D eigenvalue weighted by Gasteiger charge is -2.26. The predicted octanol–water partition coefficient (Wildman–Crippen LogP) is 2.59. The fraction of sp³-hybridized carbons (Fsp3) is 0.533. The third-order valence-electron chi connectivity index (χ3n) is 2.99. The van der Waals surface area contributed by atoms with Gasteiger partial charge in [-0.3, -0.25) is 9.78 Å². The van der Waals surface area contributed by atoms with E-state index in [-0.39, 0.29) is 11.9 Å². The Labute approximate surface area is 120 Å². The molecule has 0 spiro atoms. The van der Waals surface area contributed by atoms with E-state index < -0.39 is 0 Å². The number of carbonyl (C=O) groups is 1. The van der Waals surface area contributed by atoms with Gasteiger partial charge in [-0.25, -0.2) is 0 Å². The molecule has 0 radical (unpaired) electrons. The molecular weight excluding hydrogens is 252 g/mol. The molecule has 0 aliphatic carbocycles. The summed E-state index contributed by atoms with van der Waals surface area (Å²) in [5.41, 5.74) is 2.22. The highest BCUT2D eigenvalue weighted by molar-refractivity contribution is 5.99. The van der Waals surface area contributed by atoms with Gasteiger partial charge >= 0.3 is 0 Å². The van der Waals surface area contributed by atoms with Crippen LogP contribution in [0.2, 0.25) is 0 Å². The largest absolute Gasteiger partial charge is 0.385 e. The van der Waals surface area contributed by atoms with Gasteiger partial charge in [0.05, 0.1) is 23.7 Å². The normalized spacial score (nSPS) is 10.2. The zero-order chi connectivity index (χ0) is 15.1. The molecule has 5 nitrogen and oxygen atoms in total. The minimum absolute atomic E-state index is 0.0478. The molecule has 1 rings (SSSR count). The SMILES string of the molecule is CCNc1cc(C)ncc1C(=O)N(CCC#N)C(C)C. The molecule has 1 amide bonds. The first-order valence-corrected chi connectivity index (χ1v) is 6.89. The Morgan fingerprint density at radius 1 is 1.55 bits per heavy atom. The molecular formula is C15H22N4O. The van der Waals surface area contributed by atoms with Crippen LogP contribution in [0.25, 0.3) is 0 Å². The van der Waals surface area contributed by atoms with E-state index in [2.05, 4.69) is 16.4 Å². The highest BCUT2D eigenvalue weighted by Crippen LogP contribution is 2.19. The Morgan fingerprint density at radius 3 is 2.80 bits per heavy atom. The summed E-state index contributed by atoms with van der Waals surface area (Å²) in [4.78, 5) is 18.6. The minimum atomic E-state index is -0.0845. The fourth-order valence-electron chi connectivity index (χ4n) is 1.99. The number of pyridine rings is 1. The van der Waals surface area contributed by atoms with Crippen LogP contribution in [0.4, 0.5) is 5.69 Å². The van der Waals surface area contributed by atoms with Crippen molar-refractivity contribution in [3.05, 3.63) is 23.5 Å². The number of anilines is 1. The Bertz CT molecular complexity index is 505. The van der Waals surface area contributed by atoms with Crippen LogP contribution in [0.15, 0.2) is 12.3 Å². The summed E-state index contributed by atoms with van der Waals surface area (Å²) < 4.78 is 0. The maximum Gasteiger partial charge on any atom is 0.257 e. The summed E-state index contributed by atoms with van der Waals surface area (Å²) in [5, 5.41) is 11.9. The molecule has 20 heavy (non-hydrogen) atoms. The van der Waals surface area contributed by atoms with E-state index in [1.807, 2.05) is 33.8 Å². The second-order valence-corrected chi connectivity index (χ2v) is 4.90. The molecule has 0 unspecified atom stereocenters. The van der Waals surface area contributed by atoms with Crippen LogP contribution in [0.3, 0.4) is 0 Å². The van der Waals surface area contributed by atoms with Gasteiger partial charge in [0.1, 0.15) is 0 Å². The first kappa shape index (κ1) is 16.0. The summed E-state index contributed by atoms with van der Waals surface area (Å²) >= 11 is 0.